The number of nitrogens with zero attached hydrogens (tertiary/aromatic N) is 2. The summed E-state index contributed by atoms with van der Waals surface area (Å²) in [5.41, 5.74) is 1.66. The van der Waals surface area contributed by atoms with E-state index in [1.54, 1.807) is 19.2 Å². The number of aromatic amines is 1. The number of halogens is 2. The molecule has 3 aromatic rings. The lowest BCUT2D eigenvalue weighted by Crippen LogP contribution is -2.17. The average molecular weight is 385 g/mol. The number of benzene rings is 2. The molecular formula is C21H21F2N3O2. The number of hydrogen-bond acceptors (Lipinski definition) is 4. The number of nitrogens with one attached hydrogen (secondary N) is 1. The third-order valence-electron chi connectivity index (χ3n) is 4.25. The van der Waals surface area contributed by atoms with Crippen LogP contribution < -0.4 is 10.3 Å². The molecule has 0 aliphatic heterocycles. The zero-order valence-electron chi connectivity index (χ0n) is 15.7. The van der Waals surface area contributed by atoms with Crippen molar-refractivity contribution in [2.75, 3.05) is 14.2 Å². The minimum absolute atomic E-state index is 0.138. The van der Waals surface area contributed by atoms with Crippen molar-refractivity contribution in [2.45, 2.75) is 19.5 Å². The molecule has 1 heterocycles. The van der Waals surface area contributed by atoms with Crippen molar-refractivity contribution in [3.05, 3.63) is 81.8 Å². The molecule has 7 heteroatoms. The van der Waals surface area contributed by atoms with Gasteiger partial charge in [0, 0.05) is 24.7 Å². The lowest BCUT2D eigenvalue weighted by atomic mass is 10.1. The second kappa shape index (κ2) is 8.75. The Bertz CT molecular complexity index is 987. The van der Waals surface area contributed by atoms with Gasteiger partial charge in [-0.1, -0.05) is 36.4 Å². The van der Waals surface area contributed by atoms with Gasteiger partial charge in [-0.25, -0.2) is 13.8 Å². The second-order valence-electron chi connectivity index (χ2n) is 6.54. The zero-order chi connectivity index (χ0) is 20.1. The van der Waals surface area contributed by atoms with E-state index >= 15 is 0 Å². The summed E-state index contributed by atoms with van der Waals surface area (Å²) in [6, 6.07) is 16.0. The van der Waals surface area contributed by atoms with Crippen molar-refractivity contribution < 1.29 is 13.5 Å². The third kappa shape index (κ3) is 5.01. The highest BCUT2D eigenvalue weighted by molar-refractivity contribution is 5.55. The molecular weight excluding hydrogens is 364 g/mol. The molecule has 2 aromatic carbocycles. The number of hydrogen-bond donors (Lipinski definition) is 1. The molecule has 0 spiro atoms. The van der Waals surface area contributed by atoms with Gasteiger partial charge in [0.05, 0.1) is 7.11 Å². The van der Waals surface area contributed by atoms with Gasteiger partial charge in [0.15, 0.2) is 0 Å². The van der Waals surface area contributed by atoms with Gasteiger partial charge in [0.2, 0.25) is 0 Å². The normalized spacial score (nSPS) is 11.2. The first-order chi connectivity index (χ1) is 13.4. The fourth-order valence-corrected chi connectivity index (χ4v) is 2.94. The van der Waals surface area contributed by atoms with E-state index in [4.69, 9.17) is 4.74 Å². The van der Waals surface area contributed by atoms with Gasteiger partial charge in [-0.05, 0) is 30.3 Å². The van der Waals surface area contributed by atoms with Gasteiger partial charge in [-0.3, -0.25) is 9.69 Å². The average Bonchev–Trinajstić information content (AvgIpc) is 2.68. The molecule has 0 aliphatic carbocycles. The summed E-state index contributed by atoms with van der Waals surface area (Å²) in [5, 5.41) is 0. The summed E-state index contributed by atoms with van der Waals surface area (Å²) in [5.74, 6) is 0.960. The Morgan fingerprint density at radius 3 is 2.46 bits per heavy atom. The molecule has 5 nitrogen and oxygen atoms in total. The van der Waals surface area contributed by atoms with Crippen molar-refractivity contribution in [3.63, 3.8) is 0 Å². The number of ether oxygens (including phenoxy) is 1. The molecule has 3 rings (SSSR count). The first-order valence-electron chi connectivity index (χ1n) is 8.75. The maximum absolute atomic E-state index is 12.8. The number of aromatic nitrogens is 2. The van der Waals surface area contributed by atoms with Crippen molar-refractivity contribution in [3.8, 4) is 17.1 Å². The molecule has 0 aliphatic rings. The quantitative estimate of drug-likeness (QED) is 0.668. The highest BCUT2D eigenvalue weighted by atomic mass is 19.3. The van der Waals surface area contributed by atoms with Crippen molar-refractivity contribution >= 4 is 0 Å². The van der Waals surface area contributed by atoms with Crippen molar-refractivity contribution in [1.29, 1.82) is 0 Å². The van der Waals surface area contributed by atoms with Crippen LogP contribution in [0.4, 0.5) is 8.78 Å². The third-order valence-corrected chi connectivity index (χ3v) is 4.25. The SMILES string of the molecule is COc1cccc(CN(C)Cc2ccc(-c3nc(C(F)F)cc(=O)[nH]3)cc2)c1. The molecule has 0 fully saturated rings. The van der Waals surface area contributed by atoms with Gasteiger partial charge in [-0.15, -0.1) is 0 Å². The summed E-state index contributed by atoms with van der Waals surface area (Å²) >= 11 is 0. The van der Waals surface area contributed by atoms with Gasteiger partial charge in [0.1, 0.15) is 17.3 Å². The Kier molecular flexibility index (Phi) is 6.16. The first-order valence-corrected chi connectivity index (χ1v) is 8.75. The van der Waals surface area contributed by atoms with Gasteiger partial charge < -0.3 is 9.72 Å². The number of alkyl halides is 2. The number of rotatable bonds is 7. The van der Waals surface area contributed by atoms with E-state index in [1.807, 2.05) is 43.4 Å². The van der Waals surface area contributed by atoms with Crippen LogP contribution in [0.25, 0.3) is 11.4 Å². The Morgan fingerprint density at radius 1 is 1.07 bits per heavy atom. The first kappa shape index (κ1) is 19.7. The van der Waals surface area contributed by atoms with Crippen LogP contribution in [0, 0.1) is 0 Å². The monoisotopic (exact) mass is 385 g/mol. The van der Waals surface area contributed by atoms with E-state index in [0.29, 0.717) is 12.1 Å². The summed E-state index contributed by atoms with van der Waals surface area (Å²) in [6.45, 7) is 1.46. The lowest BCUT2D eigenvalue weighted by Gasteiger charge is -2.17. The van der Waals surface area contributed by atoms with E-state index in [1.165, 1.54) is 0 Å². The van der Waals surface area contributed by atoms with Crippen LogP contribution in [-0.4, -0.2) is 29.0 Å². The molecule has 1 aromatic heterocycles. The molecule has 0 radical (unpaired) electrons. The summed E-state index contributed by atoms with van der Waals surface area (Å²) in [6.07, 6.45) is -2.79. The summed E-state index contributed by atoms with van der Waals surface area (Å²) in [4.78, 5) is 20.1. The lowest BCUT2D eigenvalue weighted by molar-refractivity contribution is 0.146. The molecule has 28 heavy (non-hydrogen) atoms. The number of H-pyrrole nitrogens is 1. The van der Waals surface area contributed by atoms with Crippen LogP contribution in [0.2, 0.25) is 0 Å². The predicted molar refractivity (Wildman–Crippen MR) is 103 cm³/mol. The molecule has 146 valence electrons. The maximum Gasteiger partial charge on any atom is 0.280 e. The van der Waals surface area contributed by atoms with E-state index in [9.17, 15) is 13.6 Å². The van der Waals surface area contributed by atoms with Crippen molar-refractivity contribution in [1.82, 2.24) is 14.9 Å². The van der Waals surface area contributed by atoms with Crippen LogP contribution in [0.3, 0.4) is 0 Å². The van der Waals surface area contributed by atoms with Gasteiger partial charge in [-0.2, -0.15) is 0 Å². The molecule has 0 saturated heterocycles. The highest BCUT2D eigenvalue weighted by Crippen LogP contribution is 2.20. The Hall–Kier alpha value is -3.06. The highest BCUT2D eigenvalue weighted by Gasteiger charge is 2.12. The largest absolute Gasteiger partial charge is 0.497 e. The predicted octanol–water partition coefficient (Wildman–Crippen LogP) is 4.02. The fourth-order valence-electron chi connectivity index (χ4n) is 2.94. The van der Waals surface area contributed by atoms with Crippen LogP contribution in [0.1, 0.15) is 23.2 Å². The smallest absolute Gasteiger partial charge is 0.280 e. The van der Waals surface area contributed by atoms with Crippen LogP contribution in [-0.2, 0) is 13.1 Å². The van der Waals surface area contributed by atoms with Crippen LogP contribution in [0.5, 0.6) is 5.75 Å². The standard InChI is InChI=1S/C21H21F2N3O2/c1-26(13-15-4-3-5-17(10-15)28-2)12-14-6-8-16(9-7-14)21-24-18(20(22)23)11-19(27)25-21/h3-11,20H,12-13H2,1-2H3,(H,24,25,27). The Balaban J connectivity index is 1.70. The second-order valence-corrected chi connectivity index (χ2v) is 6.54. The van der Waals surface area contributed by atoms with Crippen LogP contribution in [0.15, 0.2) is 59.4 Å². The summed E-state index contributed by atoms with van der Waals surface area (Å²) in [7, 11) is 3.65. The van der Waals surface area contributed by atoms with Gasteiger partial charge >= 0.3 is 0 Å². The Labute approximate surface area is 161 Å². The zero-order valence-corrected chi connectivity index (χ0v) is 15.7. The Morgan fingerprint density at radius 2 is 1.79 bits per heavy atom. The fraction of sp³-hybridized carbons (Fsp3) is 0.238. The van der Waals surface area contributed by atoms with Crippen molar-refractivity contribution in [2.24, 2.45) is 0 Å². The van der Waals surface area contributed by atoms with Gasteiger partial charge in [0.25, 0.3) is 12.0 Å². The van der Waals surface area contributed by atoms with Crippen LogP contribution >= 0.6 is 0 Å². The maximum atomic E-state index is 12.8. The minimum atomic E-state index is -2.79. The molecule has 0 saturated carbocycles. The van der Waals surface area contributed by atoms with E-state index in [-0.39, 0.29) is 5.82 Å². The number of methoxy groups -OCH3 is 1. The minimum Gasteiger partial charge on any atom is -0.497 e. The molecule has 0 bridgehead atoms. The topological polar surface area (TPSA) is 58.2 Å². The summed E-state index contributed by atoms with van der Waals surface area (Å²) < 4.78 is 30.9. The van der Waals surface area contributed by atoms with E-state index < -0.39 is 17.7 Å². The van der Waals surface area contributed by atoms with E-state index in [0.717, 1.165) is 29.5 Å². The molecule has 1 N–H and O–H groups in total. The molecule has 0 unspecified atom stereocenters. The molecule has 0 atom stereocenters. The van der Waals surface area contributed by atoms with E-state index in [2.05, 4.69) is 14.9 Å². The molecule has 0 amide bonds.